The lowest BCUT2D eigenvalue weighted by Crippen LogP contribution is -2.32. The Kier molecular flexibility index (Phi) is 7.25. The molecule has 0 saturated heterocycles. The van der Waals surface area contributed by atoms with Gasteiger partial charge in [-0.1, -0.05) is 28.4 Å². The highest BCUT2D eigenvalue weighted by atomic mass is 35.5. The number of oxime groups is 1. The summed E-state index contributed by atoms with van der Waals surface area (Å²) in [6.07, 6.45) is -2.11. The van der Waals surface area contributed by atoms with E-state index in [0.717, 1.165) is 7.05 Å². The monoisotopic (exact) mass is 437 g/mol. The maximum atomic E-state index is 14.0. The van der Waals surface area contributed by atoms with Crippen molar-refractivity contribution < 1.29 is 22.8 Å². The lowest BCUT2D eigenvalue weighted by atomic mass is 10.2. The van der Waals surface area contributed by atoms with Gasteiger partial charge in [-0.05, 0) is 19.9 Å². The van der Waals surface area contributed by atoms with Gasteiger partial charge in [0, 0.05) is 13.2 Å². The first-order valence-corrected chi connectivity index (χ1v) is 8.70. The molecular weight excluding hydrogens is 422 g/mol. The van der Waals surface area contributed by atoms with Crippen molar-refractivity contribution in [3.05, 3.63) is 45.2 Å². The van der Waals surface area contributed by atoms with Crippen LogP contribution in [-0.4, -0.2) is 39.0 Å². The van der Waals surface area contributed by atoms with Crippen molar-refractivity contribution in [2.75, 3.05) is 6.54 Å². The van der Waals surface area contributed by atoms with Gasteiger partial charge in [0.15, 0.2) is 0 Å². The first kappa shape index (κ1) is 22.0. The van der Waals surface area contributed by atoms with Crippen molar-refractivity contribution in [1.82, 2.24) is 20.1 Å². The largest absolute Gasteiger partial charge is 0.393 e. The van der Waals surface area contributed by atoms with E-state index in [1.54, 1.807) is 13.8 Å². The highest BCUT2D eigenvalue weighted by molar-refractivity contribution is 6.36. The molecule has 0 aliphatic carbocycles. The van der Waals surface area contributed by atoms with Crippen molar-refractivity contribution in [2.45, 2.75) is 26.4 Å². The summed E-state index contributed by atoms with van der Waals surface area (Å²) in [5.41, 5.74) is -1.56. The van der Waals surface area contributed by atoms with Crippen LogP contribution < -0.4 is 5.32 Å². The Morgan fingerprint density at radius 1 is 1.39 bits per heavy atom. The smallest absolute Gasteiger partial charge is 0.283 e. The fourth-order valence-corrected chi connectivity index (χ4v) is 2.58. The number of carbonyl (C=O) groups is 1. The molecule has 0 aliphatic heterocycles. The number of rotatable bonds is 7. The average molecular weight is 438 g/mol. The Morgan fingerprint density at radius 2 is 2.07 bits per heavy atom. The number of halogens is 5. The fourth-order valence-electron chi connectivity index (χ4n) is 2.09. The van der Waals surface area contributed by atoms with Gasteiger partial charge in [0.1, 0.15) is 28.8 Å². The molecule has 0 spiro atoms. The Morgan fingerprint density at radius 3 is 2.64 bits per heavy atom. The topological polar surface area (TPSA) is 81.4 Å². The molecule has 0 atom stereocenters. The van der Waals surface area contributed by atoms with Crippen molar-refractivity contribution in [3.63, 3.8) is 0 Å². The summed E-state index contributed by atoms with van der Waals surface area (Å²) < 4.78 is 40.7. The van der Waals surface area contributed by atoms with E-state index >= 15 is 0 Å². The summed E-state index contributed by atoms with van der Waals surface area (Å²) in [6, 6.07) is 1.41. The second-order valence-electron chi connectivity index (χ2n) is 5.83. The maximum absolute atomic E-state index is 14.0. The van der Waals surface area contributed by atoms with Crippen LogP contribution >= 0.6 is 23.2 Å². The van der Waals surface area contributed by atoms with Gasteiger partial charge in [0.05, 0.1) is 16.6 Å². The molecule has 1 amide bonds. The second kappa shape index (κ2) is 9.24. The highest BCUT2D eigenvalue weighted by Crippen LogP contribution is 2.24. The number of aryl methyl sites for hydroxylation is 1. The molecule has 2 aromatic rings. The third-order valence-corrected chi connectivity index (χ3v) is 3.80. The molecule has 28 heavy (non-hydrogen) atoms. The summed E-state index contributed by atoms with van der Waals surface area (Å²) in [4.78, 5) is 21.5. The molecule has 0 unspecified atom stereocenters. The molecule has 0 bridgehead atoms. The van der Waals surface area contributed by atoms with Gasteiger partial charge in [-0.15, -0.1) is 0 Å². The van der Waals surface area contributed by atoms with Gasteiger partial charge in [0.25, 0.3) is 12.3 Å². The molecule has 2 rings (SSSR count). The molecule has 2 heterocycles. The Bertz CT molecular complexity index is 903. The lowest BCUT2D eigenvalue weighted by molar-refractivity contribution is 0.0853. The van der Waals surface area contributed by atoms with E-state index < -0.39 is 29.5 Å². The van der Waals surface area contributed by atoms with Crippen LogP contribution in [0.15, 0.2) is 17.4 Å². The molecule has 0 aliphatic rings. The predicted octanol–water partition coefficient (Wildman–Crippen LogP) is 3.76. The molecule has 0 aromatic carbocycles. The molecule has 0 radical (unpaired) electrons. The summed E-state index contributed by atoms with van der Waals surface area (Å²) in [5.74, 6) is -2.28. The number of nitrogens with zero attached hydrogens (tertiary/aromatic N) is 4. The van der Waals surface area contributed by atoms with Gasteiger partial charge >= 0.3 is 0 Å². The van der Waals surface area contributed by atoms with Crippen LogP contribution in [0.1, 0.15) is 42.0 Å². The van der Waals surface area contributed by atoms with E-state index in [1.807, 2.05) is 0 Å². The lowest BCUT2D eigenvalue weighted by Gasteiger charge is -2.11. The Hall–Kier alpha value is -2.33. The minimum Gasteiger partial charge on any atom is -0.393 e. The summed E-state index contributed by atoms with van der Waals surface area (Å²) in [5, 5.41) is 9.93. The maximum Gasteiger partial charge on any atom is 0.283 e. The molecule has 152 valence electrons. The third kappa shape index (κ3) is 5.14. The summed E-state index contributed by atoms with van der Waals surface area (Å²) in [6.45, 7) is 3.12. The van der Waals surface area contributed by atoms with Crippen LogP contribution in [-0.2, 0) is 11.9 Å². The van der Waals surface area contributed by atoms with Crippen LogP contribution in [0.2, 0.25) is 10.0 Å². The zero-order valence-electron chi connectivity index (χ0n) is 15.0. The van der Waals surface area contributed by atoms with E-state index in [2.05, 4.69) is 20.6 Å². The predicted molar refractivity (Wildman–Crippen MR) is 97.5 cm³/mol. The SMILES string of the molecule is CC(C)O/N=C(/CNC(=O)c1c(C(F)F)nn(C)c1F)c1ncc(Cl)cc1Cl. The number of nitrogens with one attached hydrogen (secondary N) is 1. The van der Waals surface area contributed by atoms with Crippen LogP contribution in [0.5, 0.6) is 0 Å². The second-order valence-corrected chi connectivity index (χ2v) is 6.68. The van der Waals surface area contributed by atoms with Gasteiger partial charge < -0.3 is 10.2 Å². The van der Waals surface area contributed by atoms with Crippen molar-refractivity contribution in [1.29, 1.82) is 0 Å². The minimum absolute atomic E-state index is 0.0895. The molecular formula is C16H16Cl2F3N5O2. The van der Waals surface area contributed by atoms with Crippen LogP contribution in [0.25, 0.3) is 0 Å². The van der Waals surface area contributed by atoms with E-state index in [0.29, 0.717) is 4.68 Å². The standard InChI is InChI=1S/C16H16Cl2F3N5O2/c1-7(2)28-25-10(12-9(18)4-8(17)5-22-12)6-23-16(27)11-13(14(19)20)24-26(3)15(11)21/h4-5,7,14H,6H2,1-3H3,(H,23,27)/b25-10-. The highest BCUT2D eigenvalue weighted by Gasteiger charge is 2.28. The zero-order chi connectivity index (χ0) is 21.0. The number of hydrogen-bond donors (Lipinski definition) is 1. The number of alkyl halides is 2. The fraction of sp³-hybridized carbons (Fsp3) is 0.375. The van der Waals surface area contributed by atoms with Crippen LogP contribution in [0.4, 0.5) is 13.2 Å². The molecule has 0 saturated carbocycles. The van der Waals surface area contributed by atoms with Gasteiger partial charge in [-0.3, -0.25) is 9.78 Å². The number of amides is 1. The van der Waals surface area contributed by atoms with Gasteiger partial charge in [0.2, 0.25) is 5.95 Å². The normalized spacial score (nSPS) is 12.0. The first-order chi connectivity index (χ1) is 13.1. The van der Waals surface area contributed by atoms with Crippen molar-refractivity contribution >= 4 is 34.8 Å². The molecule has 0 fully saturated rings. The molecule has 1 N–H and O–H groups in total. The number of pyridine rings is 1. The Labute approximate surface area is 168 Å². The average Bonchev–Trinajstić information content (AvgIpc) is 2.91. The van der Waals surface area contributed by atoms with Crippen molar-refractivity contribution in [2.24, 2.45) is 12.2 Å². The van der Waals surface area contributed by atoms with Gasteiger partial charge in [-0.2, -0.15) is 9.49 Å². The zero-order valence-corrected chi connectivity index (χ0v) is 16.5. The quantitative estimate of drug-likeness (QED) is 0.528. The minimum atomic E-state index is -3.12. The number of carbonyl (C=O) groups excluding carboxylic acids is 1. The van der Waals surface area contributed by atoms with E-state index in [9.17, 15) is 18.0 Å². The van der Waals surface area contributed by atoms with E-state index in [-0.39, 0.29) is 34.1 Å². The summed E-state index contributed by atoms with van der Waals surface area (Å²) in [7, 11) is 1.11. The first-order valence-electron chi connectivity index (χ1n) is 7.94. The van der Waals surface area contributed by atoms with Crippen LogP contribution in [0.3, 0.4) is 0 Å². The van der Waals surface area contributed by atoms with Crippen molar-refractivity contribution in [3.8, 4) is 0 Å². The van der Waals surface area contributed by atoms with Gasteiger partial charge in [-0.25, -0.2) is 13.5 Å². The van der Waals surface area contributed by atoms with Crippen LogP contribution in [0, 0.1) is 5.95 Å². The van der Waals surface area contributed by atoms with E-state index in [1.165, 1.54) is 12.3 Å². The van der Waals surface area contributed by atoms with E-state index in [4.69, 9.17) is 28.0 Å². The molecule has 12 heteroatoms. The Balaban J connectivity index is 2.29. The third-order valence-electron chi connectivity index (χ3n) is 3.31. The number of hydrogen-bond acceptors (Lipinski definition) is 5. The molecule has 7 nitrogen and oxygen atoms in total. The molecule has 2 aromatic heterocycles. The number of aromatic nitrogens is 3. The summed E-state index contributed by atoms with van der Waals surface area (Å²) >= 11 is 11.9.